The summed E-state index contributed by atoms with van der Waals surface area (Å²) in [6.07, 6.45) is 1.11. The van der Waals surface area contributed by atoms with E-state index in [9.17, 15) is 13.2 Å². The van der Waals surface area contributed by atoms with Crippen molar-refractivity contribution in [2.24, 2.45) is 0 Å². The molecule has 7 heteroatoms. The first-order chi connectivity index (χ1) is 10.3. The predicted molar refractivity (Wildman–Crippen MR) is 89.7 cm³/mol. The van der Waals surface area contributed by atoms with Crippen LogP contribution in [0.15, 0.2) is 36.4 Å². The summed E-state index contributed by atoms with van der Waals surface area (Å²) in [6, 6.07) is 10.9. The number of rotatable bonds is 5. The molecule has 22 heavy (non-hydrogen) atoms. The molecule has 0 heterocycles. The molecular formula is C15H17ClN2O3S. The highest BCUT2D eigenvalue weighted by molar-refractivity contribution is 7.92. The van der Waals surface area contributed by atoms with Gasteiger partial charge in [-0.15, -0.1) is 11.6 Å². The van der Waals surface area contributed by atoms with Gasteiger partial charge in [-0.05, 0) is 41.5 Å². The van der Waals surface area contributed by atoms with Gasteiger partial charge in [-0.25, -0.2) is 8.42 Å². The SMILES string of the molecule is CC(NC(=O)CCl)c1ccc2ccc(NS(C)(=O)=O)cc2c1. The number of carbonyl (C=O) groups excluding carboxylic acids is 1. The van der Waals surface area contributed by atoms with E-state index in [1.807, 2.05) is 31.2 Å². The Morgan fingerprint density at radius 3 is 2.50 bits per heavy atom. The Hall–Kier alpha value is -1.79. The minimum Gasteiger partial charge on any atom is -0.349 e. The zero-order chi connectivity index (χ0) is 16.3. The lowest BCUT2D eigenvalue weighted by atomic mass is 10.0. The summed E-state index contributed by atoms with van der Waals surface area (Å²) in [6.45, 7) is 1.87. The van der Waals surface area contributed by atoms with Crippen molar-refractivity contribution in [1.29, 1.82) is 0 Å². The maximum atomic E-state index is 11.4. The zero-order valence-electron chi connectivity index (χ0n) is 12.3. The summed E-state index contributed by atoms with van der Waals surface area (Å²) in [7, 11) is -3.31. The first kappa shape index (κ1) is 16.6. The second kappa shape index (κ2) is 6.54. The summed E-state index contributed by atoms with van der Waals surface area (Å²) >= 11 is 5.48. The highest BCUT2D eigenvalue weighted by Gasteiger charge is 2.10. The van der Waals surface area contributed by atoms with Crippen molar-refractivity contribution < 1.29 is 13.2 Å². The number of anilines is 1. The molecular weight excluding hydrogens is 324 g/mol. The number of hydrogen-bond acceptors (Lipinski definition) is 3. The van der Waals surface area contributed by atoms with E-state index in [0.29, 0.717) is 5.69 Å². The lowest BCUT2D eigenvalue weighted by Crippen LogP contribution is -2.27. The van der Waals surface area contributed by atoms with Gasteiger partial charge in [-0.3, -0.25) is 9.52 Å². The molecule has 0 saturated heterocycles. The van der Waals surface area contributed by atoms with Crippen LogP contribution in [0.3, 0.4) is 0 Å². The minimum absolute atomic E-state index is 0.0830. The molecule has 0 fully saturated rings. The van der Waals surface area contributed by atoms with Crippen LogP contribution in [0.5, 0.6) is 0 Å². The molecule has 1 unspecified atom stereocenters. The molecule has 2 aromatic carbocycles. The quantitative estimate of drug-likeness (QED) is 0.821. The lowest BCUT2D eigenvalue weighted by molar-refractivity contribution is -0.119. The van der Waals surface area contributed by atoms with Crippen molar-refractivity contribution in [3.8, 4) is 0 Å². The third kappa shape index (κ3) is 4.35. The van der Waals surface area contributed by atoms with Crippen molar-refractivity contribution in [2.45, 2.75) is 13.0 Å². The average Bonchev–Trinajstić information content (AvgIpc) is 2.44. The van der Waals surface area contributed by atoms with Crippen LogP contribution < -0.4 is 10.0 Å². The molecule has 0 aliphatic rings. The van der Waals surface area contributed by atoms with Crippen LogP contribution in [-0.2, 0) is 14.8 Å². The molecule has 0 aliphatic heterocycles. The monoisotopic (exact) mass is 340 g/mol. The first-order valence-electron chi connectivity index (χ1n) is 6.65. The van der Waals surface area contributed by atoms with Gasteiger partial charge in [0.25, 0.3) is 0 Å². The number of nitrogens with one attached hydrogen (secondary N) is 2. The van der Waals surface area contributed by atoms with Crippen LogP contribution in [0.2, 0.25) is 0 Å². The van der Waals surface area contributed by atoms with E-state index in [-0.39, 0.29) is 17.8 Å². The number of alkyl halides is 1. The Morgan fingerprint density at radius 2 is 1.86 bits per heavy atom. The van der Waals surface area contributed by atoms with Gasteiger partial charge in [-0.1, -0.05) is 18.2 Å². The number of amides is 1. The second-order valence-corrected chi connectivity index (χ2v) is 7.13. The number of fused-ring (bicyclic) bond motifs is 1. The van der Waals surface area contributed by atoms with Crippen molar-refractivity contribution in [3.05, 3.63) is 42.0 Å². The molecule has 0 saturated carbocycles. The predicted octanol–water partition coefficient (Wildman–Crippen LogP) is 2.63. The van der Waals surface area contributed by atoms with Crippen LogP contribution in [0.1, 0.15) is 18.5 Å². The van der Waals surface area contributed by atoms with E-state index >= 15 is 0 Å². The molecule has 0 bridgehead atoms. The van der Waals surface area contributed by atoms with Gasteiger partial charge in [-0.2, -0.15) is 0 Å². The summed E-state index contributed by atoms with van der Waals surface area (Å²) in [4.78, 5) is 11.4. The molecule has 2 aromatic rings. The van der Waals surface area contributed by atoms with Gasteiger partial charge < -0.3 is 5.32 Å². The Labute approximate surface area is 134 Å². The highest BCUT2D eigenvalue weighted by atomic mass is 35.5. The van der Waals surface area contributed by atoms with E-state index in [1.54, 1.807) is 12.1 Å². The summed E-state index contributed by atoms with van der Waals surface area (Å²) in [5, 5.41) is 4.65. The summed E-state index contributed by atoms with van der Waals surface area (Å²) in [5.41, 5.74) is 1.42. The Morgan fingerprint density at radius 1 is 1.18 bits per heavy atom. The minimum atomic E-state index is -3.31. The topological polar surface area (TPSA) is 75.3 Å². The van der Waals surface area contributed by atoms with Gasteiger partial charge in [0.2, 0.25) is 15.9 Å². The average molecular weight is 341 g/mol. The third-order valence-electron chi connectivity index (χ3n) is 3.17. The number of sulfonamides is 1. The Balaban J connectivity index is 2.33. The molecule has 0 aliphatic carbocycles. The number of halogens is 1. The molecule has 5 nitrogen and oxygen atoms in total. The molecule has 2 rings (SSSR count). The fraction of sp³-hybridized carbons (Fsp3) is 0.267. The molecule has 0 spiro atoms. The first-order valence-corrected chi connectivity index (χ1v) is 9.08. The Bertz CT molecular complexity index is 806. The van der Waals surface area contributed by atoms with Gasteiger partial charge in [0, 0.05) is 5.69 Å². The van der Waals surface area contributed by atoms with Crippen molar-refractivity contribution >= 4 is 44.0 Å². The molecule has 0 aromatic heterocycles. The largest absolute Gasteiger partial charge is 0.349 e. The van der Waals surface area contributed by atoms with Crippen LogP contribution in [0.4, 0.5) is 5.69 Å². The third-order valence-corrected chi connectivity index (χ3v) is 4.02. The molecule has 1 atom stereocenters. The van der Waals surface area contributed by atoms with E-state index in [2.05, 4.69) is 10.0 Å². The lowest BCUT2D eigenvalue weighted by Gasteiger charge is -2.14. The molecule has 1 amide bonds. The smallest absolute Gasteiger partial charge is 0.235 e. The maximum absolute atomic E-state index is 11.4. The van der Waals surface area contributed by atoms with Crippen molar-refractivity contribution in [3.63, 3.8) is 0 Å². The number of hydrogen-bond donors (Lipinski definition) is 2. The Kier molecular flexibility index (Phi) is 4.93. The molecule has 0 radical (unpaired) electrons. The van der Waals surface area contributed by atoms with E-state index in [1.165, 1.54) is 0 Å². The van der Waals surface area contributed by atoms with Gasteiger partial charge in [0.1, 0.15) is 5.88 Å². The van der Waals surface area contributed by atoms with Crippen molar-refractivity contribution in [1.82, 2.24) is 5.32 Å². The fourth-order valence-corrected chi connectivity index (χ4v) is 2.81. The normalized spacial score (nSPS) is 12.9. The van der Waals surface area contributed by atoms with E-state index in [4.69, 9.17) is 11.6 Å². The van der Waals surface area contributed by atoms with Gasteiger partial charge in [0.15, 0.2) is 0 Å². The van der Waals surface area contributed by atoms with Crippen LogP contribution in [0, 0.1) is 0 Å². The summed E-state index contributed by atoms with van der Waals surface area (Å²) in [5.74, 6) is -0.317. The van der Waals surface area contributed by atoms with E-state index in [0.717, 1.165) is 22.6 Å². The molecule has 118 valence electrons. The van der Waals surface area contributed by atoms with Crippen molar-refractivity contribution in [2.75, 3.05) is 16.9 Å². The fourth-order valence-electron chi connectivity index (χ4n) is 2.18. The maximum Gasteiger partial charge on any atom is 0.235 e. The standard InChI is InChI=1S/C15H17ClN2O3S/c1-10(17-15(19)9-16)12-4-3-11-5-6-14(8-13(11)7-12)18-22(2,20)21/h3-8,10,18H,9H2,1-2H3,(H,17,19). The molecule has 2 N–H and O–H groups in total. The number of carbonyl (C=O) groups is 1. The number of benzene rings is 2. The van der Waals surface area contributed by atoms with Crippen LogP contribution in [0.25, 0.3) is 10.8 Å². The van der Waals surface area contributed by atoms with E-state index < -0.39 is 10.0 Å². The van der Waals surface area contributed by atoms with Gasteiger partial charge >= 0.3 is 0 Å². The second-order valence-electron chi connectivity index (χ2n) is 5.12. The highest BCUT2D eigenvalue weighted by Crippen LogP contribution is 2.24. The zero-order valence-corrected chi connectivity index (χ0v) is 13.8. The summed E-state index contributed by atoms with van der Waals surface area (Å²) < 4.78 is 25.0. The van der Waals surface area contributed by atoms with Crippen LogP contribution in [-0.4, -0.2) is 26.5 Å². The van der Waals surface area contributed by atoms with Crippen LogP contribution >= 0.6 is 11.6 Å². The van der Waals surface area contributed by atoms with Gasteiger partial charge in [0.05, 0.1) is 12.3 Å².